The summed E-state index contributed by atoms with van der Waals surface area (Å²) >= 11 is 0. The molecule has 3 rings (SSSR count). The summed E-state index contributed by atoms with van der Waals surface area (Å²) in [4.78, 5) is 0. The van der Waals surface area contributed by atoms with E-state index in [1.54, 1.807) is 0 Å². The minimum Gasteiger partial charge on any atom is -0.0654 e. The van der Waals surface area contributed by atoms with Crippen molar-refractivity contribution in [1.29, 1.82) is 0 Å². The molecular weight excluding hydrogens is 300 g/mol. The number of hydrogen-bond donors (Lipinski definition) is 0. The highest BCUT2D eigenvalue weighted by atomic mass is 14.2. The number of unbranched alkanes of at least 4 members (excludes halogenated alkanes) is 6. The molecule has 0 radical (unpaired) electrons. The van der Waals surface area contributed by atoms with Crippen LogP contribution in [0.3, 0.4) is 0 Å². The summed E-state index contributed by atoms with van der Waals surface area (Å²) in [7, 11) is 0. The Morgan fingerprint density at radius 1 is 0.600 bits per heavy atom. The SMILES string of the molecule is CCCCCCc1ccc2c(c1)-c1cc(CCCCCC)ccc1C2. The van der Waals surface area contributed by atoms with Crippen LogP contribution in [0, 0.1) is 0 Å². The lowest BCUT2D eigenvalue weighted by atomic mass is 9.97. The van der Waals surface area contributed by atoms with Crippen molar-refractivity contribution in [3.05, 3.63) is 58.7 Å². The Labute approximate surface area is 154 Å². The van der Waals surface area contributed by atoms with Gasteiger partial charge in [-0.25, -0.2) is 0 Å². The van der Waals surface area contributed by atoms with Gasteiger partial charge in [0.25, 0.3) is 0 Å². The number of hydrogen-bond acceptors (Lipinski definition) is 0. The van der Waals surface area contributed by atoms with Crippen LogP contribution in [0.5, 0.6) is 0 Å². The third kappa shape index (κ3) is 4.75. The van der Waals surface area contributed by atoms with Crippen molar-refractivity contribution in [2.45, 2.75) is 84.5 Å². The second-order valence-electron chi connectivity index (χ2n) is 7.78. The van der Waals surface area contributed by atoms with E-state index in [-0.39, 0.29) is 0 Å². The Balaban J connectivity index is 1.69. The van der Waals surface area contributed by atoms with Crippen LogP contribution in [0.1, 0.15) is 87.5 Å². The summed E-state index contributed by atoms with van der Waals surface area (Å²) in [6.07, 6.45) is 14.4. The largest absolute Gasteiger partial charge is 0.0654 e. The molecule has 0 atom stereocenters. The second-order valence-corrected chi connectivity index (χ2v) is 7.78. The molecule has 0 fully saturated rings. The van der Waals surface area contributed by atoms with Gasteiger partial charge in [-0.3, -0.25) is 0 Å². The van der Waals surface area contributed by atoms with Crippen LogP contribution in [0.4, 0.5) is 0 Å². The lowest BCUT2D eigenvalue weighted by Gasteiger charge is -2.08. The van der Waals surface area contributed by atoms with Gasteiger partial charge in [0.1, 0.15) is 0 Å². The van der Waals surface area contributed by atoms with E-state index in [2.05, 4.69) is 50.2 Å². The maximum absolute atomic E-state index is 2.48. The average molecular weight is 335 g/mol. The molecule has 25 heavy (non-hydrogen) atoms. The molecule has 0 aromatic heterocycles. The van der Waals surface area contributed by atoms with Crippen molar-refractivity contribution < 1.29 is 0 Å². The first-order valence-corrected chi connectivity index (χ1v) is 10.6. The molecule has 1 aliphatic carbocycles. The van der Waals surface area contributed by atoms with E-state index in [9.17, 15) is 0 Å². The summed E-state index contributed by atoms with van der Waals surface area (Å²) in [6.45, 7) is 4.57. The molecule has 0 N–H and O–H groups in total. The van der Waals surface area contributed by atoms with Crippen molar-refractivity contribution in [2.75, 3.05) is 0 Å². The summed E-state index contributed by atoms with van der Waals surface area (Å²) in [5.74, 6) is 0. The molecule has 0 unspecified atom stereocenters. The van der Waals surface area contributed by atoms with Crippen LogP contribution in [0.2, 0.25) is 0 Å². The maximum Gasteiger partial charge on any atom is -0.00134 e. The first-order chi connectivity index (χ1) is 12.3. The molecule has 0 saturated heterocycles. The van der Waals surface area contributed by atoms with Crippen LogP contribution in [0.15, 0.2) is 36.4 Å². The Bertz CT molecular complexity index is 621. The Kier molecular flexibility index (Phi) is 6.73. The Morgan fingerprint density at radius 2 is 1.08 bits per heavy atom. The summed E-state index contributed by atoms with van der Waals surface area (Å²) in [5.41, 5.74) is 9.12. The molecule has 0 heterocycles. The van der Waals surface area contributed by atoms with E-state index < -0.39 is 0 Å². The Hall–Kier alpha value is -1.56. The lowest BCUT2D eigenvalue weighted by Crippen LogP contribution is -1.89. The Morgan fingerprint density at radius 3 is 1.52 bits per heavy atom. The van der Waals surface area contributed by atoms with Gasteiger partial charge in [0.15, 0.2) is 0 Å². The van der Waals surface area contributed by atoms with Gasteiger partial charge in [-0.05, 0) is 65.5 Å². The number of benzene rings is 2. The molecule has 1 aliphatic rings. The minimum atomic E-state index is 1.12. The number of aryl methyl sites for hydroxylation is 2. The predicted molar refractivity (Wildman–Crippen MR) is 110 cm³/mol. The van der Waals surface area contributed by atoms with E-state index in [4.69, 9.17) is 0 Å². The van der Waals surface area contributed by atoms with Gasteiger partial charge in [-0.15, -0.1) is 0 Å². The zero-order valence-corrected chi connectivity index (χ0v) is 16.2. The van der Waals surface area contributed by atoms with Crippen LogP contribution in [-0.4, -0.2) is 0 Å². The molecule has 0 spiro atoms. The van der Waals surface area contributed by atoms with Gasteiger partial charge in [0, 0.05) is 0 Å². The number of rotatable bonds is 10. The minimum absolute atomic E-state index is 1.12. The van der Waals surface area contributed by atoms with Crippen molar-refractivity contribution >= 4 is 0 Å². The van der Waals surface area contributed by atoms with Gasteiger partial charge in [0.2, 0.25) is 0 Å². The van der Waals surface area contributed by atoms with Crippen molar-refractivity contribution in [1.82, 2.24) is 0 Å². The van der Waals surface area contributed by atoms with Gasteiger partial charge in [-0.1, -0.05) is 88.8 Å². The fraction of sp³-hybridized carbons (Fsp3) is 0.520. The molecule has 0 bridgehead atoms. The molecule has 2 aromatic rings. The zero-order chi connectivity index (χ0) is 17.5. The van der Waals surface area contributed by atoms with Crippen LogP contribution in [0.25, 0.3) is 11.1 Å². The molecule has 0 amide bonds. The van der Waals surface area contributed by atoms with Gasteiger partial charge >= 0.3 is 0 Å². The number of fused-ring (bicyclic) bond motifs is 3. The molecule has 0 heteroatoms. The standard InChI is InChI=1S/C25H34/c1-3-5-7-9-11-20-13-15-22-19-23-16-14-21(12-10-8-6-4-2)18-25(23)24(22)17-20/h13-18H,3-12,19H2,1-2H3. The topological polar surface area (TPSA) is 0 Å². The van der Waals surface area contributed by atoms with Crippen molar-refractivity contribution in [3.63, 3.8) is 0 Å². The lowest BCUT2D eigenvalue weighted by molar-refractivity contribution is 0.667. The van der Waals surface area contributed by atoms with E-state index in [1.807, 2.05) is 0 Å². The fourth-order valence-electron chi connectivity index (χ4n) is 4.08. The molecule has 0 saturated carbocycles. The normalized spacial score (nSPS) is 12.2. The first kappa shape index (κ1) is 18.2. The van der Waals surface area contributed by atoms with Crippen LogP contribution >= 0.6 is 0 Å². The first-order valence-electron chi connectivity index (χ1n) is 10.6. The van der Waals surface area contributed by atoms with Crippen molar-refractivity contribution in [2.24, 2.45) is 0 Å². The smallest absolute Gasteiger partial charge is 0.00134 e. The van der Waals surface area contributed by atoms with Gasteiger partial charge in [0.05, 0.1) is 0 Å². The fourth-order valence-corrected chi connectivity index (χ4v) is 4.08. The average Bonchev–Trinajstić information content (AvgIpc) is 3.00. The van der Waals surface area contributed by atoms with Crippen molar-refractivity contribution in [3.8, 4) is 11.1 Å². The predicted octanol–water partition coefficient (Wildman–Crippen LogP) is 7.50. The maximum atomic E-state index is 2.48. The third-order valence-corrected chi connectivity index (χ3v) is 5.66. The van der Waals surface area contributed by atoms with Gasteiger partial charge < -0.3 is 0 Å². The second kappa shape index (κ2) is 9.22. The van der Waals surface area contributed by atoms with Crippen LogP contribution < -0.4 is 0 Å². The molecule has 134 valence electrons. The zero-order valence-electron chi connectivity index (χ0n) is 16.2. The highest BCUT2D eigenvalue weighted by Gasteiger charge is 2.18. The van der Waals surface area contributed by atoms with E-state index in [1.165, 1.54) is 97.6 Å². The molecular formula is C25H34. The quantitative estimate of drug-likeness (QED) is 0.337. The van der Waals surface area contributed by atoms with Gasteiger partial charge in [-0.2, -0.15) is 0 Å². The summed E-state index contributed by atoms with van der Waals surface area (Å²) in [5, 5.41) is 0. The summed E-state index contributed by atoms with van der Waals surface area (Å²) < 4.78 is 0. The molecule has 0 aliphatic heterocycles. The van der Waals surface area contributed by atoms with E-state index in [0.29, 0.717) is 0 Å². The van der Waals surface area contributed by atoms with E-state index in [0.717, 1.165) is 6.42 Å². The van der Waals surface area contributed by atoms with Crippen LogP contribution in [-0.2, 0) is 19.3 Å². The third-order valence-electron chi connectivity index (χ3n) is 5.66. The highest BCUT2D eigenvalue weighted by molar-refractivity contribution is 5.77. The molecule has 0 nitrogen and oxygen atoms in total. The molecule has 2 aromatic carbocycles. The monoisotopic (exact) mass is 334 g/mol. The highest BCUT2D eigenvalue weighted by Crippen LogP contribution is 2.38. The summed E-state index contributed by atoms with van der Waals surface area (Å²) in [6, 6.07) is 14.4. The van der Waals surface area contributed by atoms with E-state index >= 15 is 0 Å².